The summed E-state index contributed by atoms with van der Waals surface area (Å²) in [5.41, 5.74) is 0.212. The van der Waals surface area contributed by atoms with Gasteiger partial charge >= 0.3 is 0 Å². The van der Waals surface area contributed by atoms with Crippen LogP contribution in [0.5, 0.6) is 0 Å². The van der Waals surface area contributed by atoms with E-state index in [-0.39, 0.29) is 29.3 Å². The second kappa shape index (κ2) is 5.99. The first-order valence-corrected chi connectivity index (χ1v) is 8.16. The fraction of sp³-hybridized carbons (Fsp3) is 0.611. The zero-order chi connectivity index (χ0) is 15.7. The molecular weight excluding hydrogens is 281 g/mol. The van der Waals surface area contributed by atoms with Gasteiger partial charge in [-0.15, -0.1) is 0 Å². The van der Waals surface area contributed by atoms with Gasteiger partial charge in [0.2, 0.25) is 5.91 Å². The minimum atomic E-state index is -0.375. The number of amides is 1. The highest BCUT2D eigenvalue weighted by molar-refractivity contribution is 5.80. The molecule has 1 aliphatic heterocycles. The molecular formula is C18H24FNO2. The van der Waals surface area contributed by atoms with Crippen molar-refractivity contribution in [3.05, 3.63) is 35.6 Å². The van der Waals surface area contributed by atoms with Gasteiger partial charge in [-0.05, 0) is 32.8 Å². The van der Waals surface area contributed by atoms with Crippen LogP contribution in [0.4, 0.5) is 4.39 Å². The molecule has 0 spiro atoms. The lowest BCUT2D eigenvalue weighted by molar-refractivity contribution is -0.159. The van der Waals surface area contributed by atoms with Gasteiger partial charge in [-0.1, -0.05) is 31.0 Å². The maximum Gasteiger partial charge on any atom is 0.226 e. The second-order valence-corrected chi connectivity index (χ2v) is 7.06. The Bertz CT molecular complexity index is 552. The highest BCUT2D eigenvalue weighted by atomic mass is 19.1. The molecule has 1 unspecified atom stereocenters. The lowest BCUT2D eigenvalue weighted by Crippen LogP contribution is -2.57. The minimum absolute atomic E-state index is 0.138. The molecule has 3 rings (SSSR count). The molecule has 1 atom stereocenters. The molecule has 0 N–H and O–H groups in total. The van der Waals surface area contributed by atoms with Crippen LogP contribution in [-0.4, -0.2) is 29.5 Å². The number of ether oxygens (including phenoxy) is 1. The molecule has 1 aliphatic carbocycles. The number of halogens is 1. The predicted molar refractivity (Wildman–Crippen MR) is 82.8 cm³/mol. The zero-order valence-corrected chi connectivity index (χ0v) is 13.3. The van der Waals surface area contributed by atoms with Crippen LogP contribution in [0.2, 0.25) is 0 Å². The van der Waals surface area contributed by atoms with Crippen molar-refractivity contribution in [1.29, 1.82) is 0 Å². The van der Waals surface area contributed by atoms with Crippen molar-refractivity contribution in [3.63, 3.8) is 0 Å². The quantitative estimate of drug-likeness (QED) is 0.834. The van der Waals surface area contributed by atoms with Crippen molar-refractivity contribution in [2.45, 2.75) is 51.2 Å². The lowest BCUT2D eigenvalue weighted by atomic mass is 9.95. The van der Waals surface area contributed by atoms with Crippen LogP contribution in [-0.2, 0) is 9.53 Å². The summed E-state index contributed by atoms with van der Waals surface area (Å²) in [4.78, 5) is 14.8. The SMILES string of the molecule is CC1(C)COC(c2ccccc2F)CN1C(=O)C1CCCC1. The Morgan fingerprint density at radius 2 is 1.95 bits per heavy atom. The molecule has 1 aromatic rings. The number of morpholine rings is 1. The molecule has 4 heteroatoms. The molecule has 1 aromatic carbocycles. The summed E-state index contributed by atoms with van der Waals surface area (Å²) >= 11 is 0. The Morgan fingerprint density at radius 1 is 1.27 bits per heavy atom. The summed E-state index contributed by atoms with van der Waals surface area (Å²) in [6.45, 7) is 4.92. The Kier molecular flexibility index (Phi) is 4.22. The first-order valence-electron chi connectivity index (χ1n) is 8.16. The number of hydrogen-bond acceptors (Lipinski definition) is 2. The van der Waals surface area contributed by atoms with E-state index in [1.807, 2.05) is 24.8 Å². The van der Waals surface area contributed by atoms with E-state index in [1.54, 1.807) is 12.1 Å². The Balaban J connectivity index is 1.81. The van der Waals surface area contributed by atoms with Crippen LogP contribution < -0.4 is 0 Å². The molecule has 0 bridgehead atoms. The summed E-state index contributed by atoms with van der Waals surface area (Å²) in [5, 5.41) is 0. The van der Waals surface area contributed by atoms with Crippen LogP contribution in [0.1, 0.15) is 51.2 Å². The molecule has 2 fully saturated rings. The number of hydrogen-bond donors (Lipinski definition) is 0. The van der Waals surface area contributed by atoms with Crippen molar-refractivity contribution in [3.8, 4) is 0 Å². The lowest BCUT2D eigenvalue weighted by Gasteiger charge is -2.46. The Labute approximate surface area is 131 Å². The molecule has 1 saturated heterocycles. The largest absolute Gasteiger partial charge is 0.369 e. The molecule has 120 valence electrons. The normalized spacial score (nSPS) is 25.4. The summed E-state index contributed by atoms with van der Waals surface area (Å²) in [7, 11) is 0. The van der Waals surface area contributed by atoms with Crippen molar-refractivity contribution >= 4 is 5.91 Å². The number of carbonyl (C=O) groups excluding carboxylic acids is 1. The topological polar surface area (TPSA) is 29.5 Å². The zero-order valence-electron chi connectivity index (χ0n) is 13.3. The molecule has 2 aliphatic rings. The summed E-state index contributed by atoms with van der Waals surface area (Å²) in [6, 6.07) is 6.68. The smallest absolute Gasteiger partial charge is 0.226 e. The van der Waals surface area contributed by atoms with Crippen LogP contribution in [0, 0.1) is 11.7 Å². The summed E-state index contributed by atoms with van der Waals surface area (Å²) in [6.07, 6.45) is 3.86. The first-order chi connectivity index (χ1) is 10.5. The maximum atomic E-state index is 14.0. The average molecular weight is 305 g/mol. The Hall–Kier alpha value is -1.42. The van der Waals surface area contributed by atoms with Crippen molar-refractivity contribution in [1.82, 2.24) is 4.90 Å². The standard InChI is InChI=1S/C18H24FNO2/c1-18(2)12-22-16(14-9-5-6-10-15(14)19)11-20(18)17(21)13-7-3-4-8-13/h5-6,9-10,13,16H,3-4,7-8,11-12H2,1-2H3. The van der Waals surface area contributed by atoms with E-state index in [0.29, 0.717) is 18.7 Å². The number of benzene rings is 1. The van der Waals surface area contributed by atoms with Crippen LogP contribution >= 0.6 is 0 Å². The summed E-state index contributed by atoms with van der Waals surface area (Å²) < 4.78 is 19.9. The molecule has 1 heterocycles. The monoisotopic (exact) mass is 305 g/mol. The molecule has 22 heavy (non-hydrogen) atoms. The third-order valence-electron chi connectivity index (χ3n) is 4.94. The third-order valence-corrected chi connectivity index (χ3v) is 4.94. The molecule has 3 nitrogen and oxygen atoms in total. The fourth-order valence-electron chi connectivity index (χ4n) is 3.55. The summed E-state index contributed by atoms with van der Waals surface area (Å²) in [5.74, 6) is 0.0891. The van der Waals surface area contributed by atoms with Gasteiger partial charge in [0.05, 0.1) is 18.7 Å². The molecule has 0 radical (unpaired) electrons. The van der Waals surface area contributed by atoms with Crippen molar-refractivity contribution in [2.75, 3.05) is 13.2 Å². The van der Waals surface area contributed by atoms with E-state index in [0.717, 1.165) is 25.7 Å². The van der Waals surface area contributed by atoms with Gasteiger partial charge in [-0.3, -0.25) is 4.79 Å². The minimum Gasteiger partial charge on any atom is -0.369 e. The highest BCUT2D eigenvalue weighted by Crippen LogP contribution is 2.35. The highest BCUT2D eigenvalue weighted by Gasteiger charge is 2.41. The predicted octanol–water partition coefficient (Wildman–Crippen LogP) is 3.69. The van der Waals surface area contributed by atoms with E-state index in [9.17, 15) is 9.18 Å². The number of nitrogens with zero attached hydrogens (tertiary/aromatic N) is 1. The van der Waals surface area contributed by atoms with Crippen LogP contribution in [0.15, 0.2) is 24.3 Å². The van der Waals surface area contributed by atoms with Crippen molar-refractivity contribution in [2.24, 2.45) is 5.92 Å². The number of carbonyl (C=O) groups is 1. The van der Waals surface area contributed by atoms with E-state index in [2.05, 4.69) is 0 Å². The molecule has 1 amide bonds. The first kappa shape index (κ1) is 15.5. The van der Waals surface area contributed by atoms with Crippen LogP contribution in [0.3, 0.4) is 0 Å². The van der Waals surface area contributed by atoms with E-state index in [1.165, 1.54) is 6.07 Å². The third kappa shape index (κ3) is 2.89. The number of rotatable bonds is 2. The molecule has 1 saturated carbocycles. The van der Waals surface area contributed by atoms with Gasteiger partial charge in [-0.25, -0.2) is 4.39 Å². The van der Waals surface area contributed by atoms with Gasteiger partial charge in [0, 0.05) is 11.5 Å². The molecule has 0 aromatic heterocycles. The van der Waals surface area contributed by atoms with Gasteiger partial charge in [0.15, 0.2) is 0 Å². The van der Waals surface area contributed by atoms with Crippen molar-refractivity contribution < 1.29 is 13.9 Å². The van der Waals surface area contributed by atoms with Gasteiger partial charge in [0.25, 0.3) is 0 Å². The Morgan fingerprint density at radius 3 is 2.64 bits per heavy atom. The fourth-order valence-corrected chi connectivity index (χ4v) is 3.55. The van der Waals surface area contributed by atoms with E-state index in [4.69, 9.17) is 4.74 Å². The van der Waals surface area contributed by atoms with E-state index < -0.39 is 0 Å². The second-order valence-electron chi connectivity index (χ2n) is 7.06. The van der Waals surface area contributed by atoms with Gasteiger partial charge < -0.3 is 9.64 Å². The van der Waals surface area contributed by atoms with Gasteiger partial charge in [0.1, 0.15) is 11.9 Å². The average Bonchev–Trinajstić information content (AvgIpc) is 3.01. The van der Waals surface area contributed by atoms with Crippen LogP contribution in [0.25, 0.3) is 0 Å². The van der Waals surface area contributed by atoms with E-state index >= 15 is 0 Å². The maximum absolute atomic E-state index is 14.0. The van der Waals surface area contributed by atoms with Gasteiger partial charge in [-0.2, -0.15) is 0 Å².